The topological polar surface area (TPSA) is 60.0 Å². The Kier molecular flexibility index (Phi) is 5.48. The molecule has 142 valence electrons. The highest BCUT2D eigenvalue weighted by molar-refractivity contribution is 7.98. The largest absolute Gasteiger partial charge is 0.497 e. The SMILES string of the molecule is COc1ccc2nc(SCc3cc(OCc4ccccc4)c(C)cn3)[nH]c2c1. The molecule has 2 heterocycles. The highest BCUT2D eigenvalue weighted by atomic mass is 32.2. The molecule has 0 aliphatic heterocycles. The minimum atomic E-state index is 0.545. The minimum Gasteiger partial charge on any atom is -0.497 e. The number of aryl methyl sites for hydroxylation is 1. The van der Waals surface area contributed by atoms with Crippen LogP contribution in [0.2, 0.25) is 0 Å². The number of nitrogens with zero attached hydrogens (tertiary/aromatic N) is 2. The van der Waals surface area contributed by atoms with Crippen LogP contribution in [0.1, 0.15) is 16.8 Å². The van der Waals surface area contributed by atoms with Gasteiger partial charge in [0.15, 0.2) is 5.16 Å². The van der Waals surface area contributed by atoms with Gasteiger partial charge in [-0.05, 0) is 24.6 Å². The maximum atomic E-state index is 6.00. The highest BCUT2D eigenvalue weighted by Crippen LogP contribution is 2.27. The second-order valence-corrected chi connectivity index (χ2v) is 7.39. The van der Waals surface area contributed by atoms with E-state index in [1.54, 1.807) is 18.9 Å². The summed E-state index contributed by atoms with van der Waals surface area (Å²) in [6, 6.07) is 18.0. The third kappa shape index (κ3) is 4.28. The van der Waals surface area contributed by atoms with E-state index in [-0.39, 0.29) is 0 Å². The van der Waals surface area contributed by atoms with Crippen LogP contribution in [0.25, 0.3) is 11.0 Å². The summed E-state index contributed by atoms with van der Waals surface area (Å²) < 4.78 is 11.3. The average Bonchev–Trinajstić information content (AvgIpc) is 3.15. The van der Waals surface area contributed by atoms with E-state index in [2.05, 4.69) is 27.1 Å². The van der Waals surface area contributed by atoms with Crippen LogP contribution >= 0.6 is 11.8 Å². The summed E-state index contributed by atoms with van der Waals surface area (Å²) in [5.74, 6) is 2.38. The molecule has 2 aromatic carbocycles. The monoisotopic (exact) mass is 391 g/mol. The van der Waals surface area contributed by atoms with Crippen LogP contribution in [0.3, 0.4) is 0 Å². The number of rotatable bonds is 7. The first kappa shape index (κ1) is 18.4. The van der Waals surface area contributed by atoms with Crippen molar-refractivity contribution >= 4 is 22.8 Å². The fourth-order valence-corrected chi connectivity index (χ4v) is 3.61. The fraction of sp³-hybridized carbons (Fsp3) is 0.182. The number of hydrogen-bond acceptors (Lipinski definition) is 5. The Morgan fingerprint density at radius 2 is 1.93 bits per heavy atom. The zero-order valence-electron chi connectivity index (χ0n) is 15.8. The molecule has 0 spiro atoms. The van der Waals surface area contributed by atoms with Gasteiger partial charge in [0.2, 0.25) is 0 Å². The van der Waals surface area contributed by atoms with Crippen molar-refractivity contribution in [2.24, 2.45) is 0 Å². The third-order valence-corrected chi connectivity index (χ3v) is 5.28. The van der Waals surface area contributed by atoms with Crippen molar-refractivity contribution in [3.63, 3.8) is 0 Å². The number of H-pyrrole nitrogens is 1. The summed E-state index contributed by atoms with van der Waals surface area (Å²) in [7, 11) is 1.66. The predicted octanol–water partition coefficient (Wildman–Crippen LogP) is 5.15. The van der Waals surface area contributed by atoms with Gasteiger partial charge in [-0.1, -0.05) is 42.1 Å². The molecule has 0 amide bonds. The van der Waals surface area contributed by atoms with E-state index >= 15 is 0 Å². The Labute approximate surface area is 168 Å². The van der Waals surface area contributed by atoms with Gasteiger partial charge in [-0.15, -0.1) is 0 Å². The molecule has 28 heavy (non-hydrogen) atoms. The lowest BCUT2D eigenvalue weighted by molar-refractivity contribution is 0.303. The lowest BCUT2D eigenvalue weighted by atomic mass is 10.2. The minimum absolute atomic E-state index is 0.545. The van der Waals surface area contributed by atoms with Crippen molar-refractivity contribution < 1.29 is 9.47 Å². The summed E-state index contributed by atoms with van der Waals surface area (Å²) in [6.45, 7) is 2.56. The number of aromatic nitrogens is 3. The van der Waals surface area contributed by atoms with Crippen molar-refractivity contribution in [2.45, 2.75) is 24.4 Å². The molecule has 4 aromatic rings. The van der Waals surface area contributed by atoms with Crippen LogP contribution < -0.4 is 9.47 Å². The van der Waals surface area contributed by atoms with Crippen molar-refractivity contribution in [1.29, 1.82) is 0 Å². The van der Waals surface area contributed by atoms with Crippen molar-refractivity contribution in [3.05, 3.63) is 77.6 Å². The molecule has 5 nitrogen and oxygen atoms in total. The van der Waals surface area contributed by atoms with E-state index in [0.717, 1.165) is 44.5 Å². The van der Waals surface area contributed by atoms with Crippen LogP contribution in [0.5, 0.6) is 11.5 Å². The summed E-state index contributed by atoms with van der Waals surface area (Å²) in [4.78, 5) is 12.5. The Morgan fingerprint density at radius 1 is 1.07 bits per heavy atom. The normalized spacial score (nSPS) is 10.9. The molecule has 0 aliphatic rings. The van der Waals surface area contributed by atoms with E-state index in [1.165, 1.54) is 0 Å². The lowest BCUT2D eigenvalue weighted by Crippen LogP contribution is -1.99. The smallest absolute Gasteiger partial charge is 0.166 e. The van der Waals surface area contributed by atoms with Gasteiger partial charge in [0.25, 0.3) is 0 Å². The first-order chi connectivity index (χ1) is 13.7. The molecule has 0 unspecified atom stereocenters. The number of ether oxygens (including phenoxy) is 2. The highest BCUT2D eigenvalue weighted by Gasteiger charge is 2.08. The van der Waals surface area contributed by atoms with Gasteiger partial charge in [-0.2, -0.15) is 0 Å². The van der Waals surface area contributed by atoms with Crippen molar-refractivity contribution in [2.75, 3.05) is 7.11 Å². The first-order valence-corrected chi connectivity index (χ1v) is 9.98. The Morgan fingerprint density at radius 3 is 2.75 bits per heavy atom. The average molecular weight is 391 g/mol. The van der Waals surface area contributed by atoms with Crippen LogP contribution in [-0.2, 0) is 12.4 Å². The zero-order valence-corrected chi connectivity index (χ0v) is 16.6. The van der Waals surface area contributed by atoms with Crippen LogP contribution in [0.15, 0.2) is 66.0 Å². The van der Waals surface area contributed by atoms with E-state index in [4.69, 9.17) is 9.47 Å². The molecular weight excluding hydrogens is 370 g/mol. The molecule has 0 atom stereocenters. The summed E-state index contributed by atoms with van der Waals surface area (Å²) in [6.07, 6.45) is 1.86. The number of fused-ring (bicyclic) bond motifs is 1. The van der Waals surface area contributed by atoms with E-state index in [0.29, 0.717) is 12.4 Å². The van der Waals surface area contributed by atoms with Crippen LogP contribution in [0.4, 0.5) is 0 Å². The number of methoxy groups -OCH3 is 1. The summed E-state index contributed by atoms with van der Waals surface area (Å²) in [5.41, 5.74) is 5.02. The first-order valence-electron chi connectivity index (χ1n) is 9.00. The number of thioether (sulfide) groups is 1. The number of nitrogens with one attached hydrogen (secondary N) is 1. The number of imidazole rings is 1. The summed E-state index contributed by atoms with van der Waals surface area (Å²) >= 11 is 1.62. The lowest BCUT2D eigenvalue weighted by Gasteiger charge is -2.10. The summed E-state index contributed by atoms with van der Waals surface area (Å²) in [5, 5.41) is 0.859. The predicted molar refractivity (Wildman–Crippen MR) is 112 cm³/mol. The molecule has 4 rings (SSSR count). The van der Waals surface area contributed by atoms with Crippen LogP contribution in [-0.4, -0.2) is 22.1 Å². The maximum absolute atomic E-state index is 6.00. The standard InChI is InChI=1S/C22H21N3O2S/c1-15-12-23-17(10-21(15)27-13-16-6-4-3-5-7-16)14-28-22-24-19-9-8-18(26-2)11-20(19)25-22/h3-12H,13-14H2,1-2H3,(H,24,25). The second kappa shape index (κ2) is 8.35. The Balaban J connectivity index is 1.43. The zero-order chi connectivity index (χ0) is 19.3. The number of pyridine rings is 1. The molecule has 6 heteroatoms. The number of hydrogen-bond donors (Lipinski definition) is 1. The quantitative estimate of drug-likeness (QED) is 0.442. The molecule has 0 bridgehead atoms. The molecule has 0 fully saturated rings. The Bertz CT molecular complexity index is 1080. The number of aromatic amines is 1. The van der Waals surface area contributed by atoms with Crippen LogP contribution in [0, 0.1) is 6.92 Å². The number of benzene rings is 2. The third-order valence-electron chi connectivity index (χ3n) is 4.37. The van der Waals surface area contributed by atoms with E-state index in [9.17, 15) is 0 Å². The fourth-order valence-electron chi connectivity index (χ4n) is 2.82. The van der Waals surface area contributed by atoms with Gasteiger partial charge in [0.1, 0.15) is 18.1 Å². The van der Waals surface area contributed by atoms with E-state index in [1.807, 2.05) is 55.6 Å². The van der Waals surface area contributed by atoms with Crippen molar-refractivity contribution in [1.82, 2.24) is 15.0 Å². The van der Waals surface area contributed by atoms with Gasteiger partial charge >= 0.3 is 0 Å². The second-order valence-electron chi connectivity index (χ2n) is 6.43. The Hall–Kier alpha value is -2.99. The van der Waals surface area contributed by atoms with E-state index < -0.39 is 0 Å². The molecule has 2 aromatic heterocycles. The van der Waals surface area contributed by atoms with Gasteiger partial charge in [0.05, 0.1) is 23.8 Å². The van der Waals surface area contributed by atoms with Crippen molar-refractivity contribution in [3.8, 4) is 11.5 Å². The van der Waals surface area contributed by atoms with Gasteiger partial charge in [-0.25, -0.2) is 4.98 Å². The van der Waals surface area contributed by atoms with Gasteiger partial charge < -0.3 is 14.5 Å². The molecular formula is C22H21N3O2S. The molecule has 0 aliphatic carbocycles. The van der Waals surface area contributed by atoms with Gasteiger partial charge in [-0.3, -0.25) is 4.98 Å². The molecule has 0 radical (unpaired) electrons. The van der Waals surface area contributed by atoms with Gasteiger partial charge in [0, 0.05) is 29.6 Å². The molecule has 0 saturated heterocycles. The molecule has 0 saturated carbocycles. The molecule has 1 N–H and O–H groups in total. The maximum Gasteiger partial charge on any atom is 0.166 e.